The summed E-state index contributed by atoms with van der Waals surface area (Å²) in [5, 5.41) is 0. The number of carbonyl (C=O) groups is 1. The molecular weight excluding hydrogens is 216 g/mol. The van der Waals surface area contributed by atoms with Crippen molar-refractivity contribution in [2.75, 3.05) is 26.7 Å². The van der Waals surface area contributed by atoms with E-state index in [1.54, 1.807) is 11.1 Å². The first-order chi connectivity index (χ1) is 8.04. The number of likely N-dealkylation sites (N-methyl/N-ethyl adjacent to an activating group) is 1. The number of nitrogens with two attached hydrogens (primary N) is 1. The number of amides is 2. The molecule has 0 aromatic carbocycles. The van der Waals surface area contributed by atoms with E-state index in [2.05, 4.69) is 9.88 Å². The number of hydrogen-bond acceptors (Lipinski definition) is 3. The highest BCUT2D eigenvalue weighted by Crippen LogP contribution is 2.30. The summed E-state index contributed by atoms with van der Waals surface area (Å²) in [6.45, 7) is 4.23. The number of carbonyl (C=O) groups excluding carboxylic acids is 1. The number of primary amides is 1. The second-order valence-electron chi connectivity index (χ2n) is 4.72. The van der Waals surface area contributed by atoms with Crippen LogP contribution in [0.15, 0.2) is 24.4 Å². The fraction of sp³-hybridized carbons (Fsp3) is 0.500. The Bertz CT molecular complexity index is 408. The summed E-state index contributed by atoms with van der Waals surface area (Å²) in [7, 11) is 2.04. The van der Waals surface area contributed by atoms with E-state index in [9.17, 15) is 4.79 Å². The standard InChI is InChI=1S/C12H18N4O/c1-12(10-5-3-4-6-14-10)9-15(2)7-8-16(12)11(13)17/h3-6H,7-9H2,1-2H3,(H2,13,17). The minimum atomic E-state index is -0.444. The summed E-state index contributed by atoms with van der Waals surface area (Å²) < 4.78 is 0. The molecule has 1 saturated heterocycles. The molecule has 1 aromatic heterocycles. The molecule has 1 aliphatic rings. The summed E-state index contributed by atoms with van der Waals surface area (Å²) in [6.07, 6.45) is 1.74. The molecule has 1 unspecified atom stereocenters. The van der Waals surface area contributed by atoms with Crippen LogP contribution in [0.4, 0.5) is 4.79 Å². The molecule has 5 heteroatoms. The van der Waals surface area contributed by atoms with Gasteiger partial charge in [0.15, 0.2) is 0 Å². The van der Waals surface area contributed by atoms with Gasteiger partial charge in [-0.1, -0.05) is 6.07 Å². The summed E-state index contributed by atoms with van der Waals surface area (Å²) in [4.78, 5) is 19.8. The van der Waals surface area contributed by atoms with Crippen molar-refractivity contribution in [2.24, 2.45) is 5.73 Å². The highest BCUT2D eigenvalue weighted by molar-refractivity contribution is 5.73. The van der Waals surface area contributed by atoms with Crippen LogP contribution in [0.3, 0.4) is 0 Å². The molecule has 1 atom stereocenters. The Hall–Kier alpha value is -1.62. The van der Waals surface area contributed by atoms with E-state index in [4.69, 9.17) is 5.73 Å². The van der Waals surface area contributed by atoms with Crippen molar-refractivity contribution in [1.82, 2.24) is 14.8 Å². The zero-order valence-electron chi connectivity index (χ0n) is 10.3. The lowest BCUT2D eigenvalue weighted by Gasteiger charge is -2.46. The van der Waals surface area contributed by atoms with Gasteiger partial charge in [0.05, 0.1) is 11.2 Å². The van der Waals surface area contributed by atoms with Crippen molar-refractivity contribution in [3.63, 3.8) is 0 Å². The third-order valence-electron chi connectivity index (χ3n) is 3.36. The van der Waals surface area contributed by atoms with Crippen LogP contribution in [0.1, 0.15) is 12.6 Å². The van der Waals surface area contributed by atoms with Crippen LogP contribution in [-0.4, -0.2) is 47.5 Å². The van der Waals surface area contributed by atoms with Gasteiger partial charge in [-0.15, -0.1) is 0 Å². The Balaban J connectivity index is 2.39. The molecular formula is C12H18N4O. The Morgan fingerprint density at radius 1 is 1.47 bits per heavy atom. The van der Waals surface area contributed by atoms with Crippen molar-refractivity contribution < 1.29 is 4.79 Å². The van der Waals surface area contributed by atoms with Crippen molar-refractivity contribution in [2.45, 2.75) is 12.5 Å². The maximum Gasteiger partial charge on any atom is 0.315 e. The van der Waals surface area contributed by atoms with Gasteiger partial charge in [0, 0.05) is 25.8 Å². The first kappa shape index (κ1) is 11.9. The number of pyridine rings is 1. The van der Waals surface area contributed by atoms with Crippen LogP contribution in [-0.2, 0) is 5.54 Å². The predicted octanol–water partition coefficient (Wildman–Crippen LogP) is 0.623. The lowest BCUT2D eigenvalue weighted by molar-refractivity contribution is 0.0462. The average molecular weight is 234 g/mol. The number of aromatic nitrogens is 1. The van der Waals surface area contributed by atoms with Crippen LogP contribution in [0.25, 0.3) is 0 Å². The molecule has 0 saturated carbocycles. The monoisotopic (exact) mass is 234 g/mol. The van der Waals surface area contributed by atoms with E-state index >= 15 is 0 Å². The van der Waals surface area contributed by atoms with E-state index in [1.165, 1.54) is 0 Å². The van der Waals surface area contributed by atoms with E-state index in [0.29, 0.717) is 6.54 Å². The quantitative estimate of drug-likeness (QED) is 0.775. The van der Waals surface area contributed by atoms with Gasteiger partial charge in [-0.3, -0.25) is 4.98 Å². The number of urea groups is 1. The van der Waals surface area contributed by atoms with Crippen molar-refractivity contribution in [3.05, 3.63) is 30.1 Å². The minimum absolute atomic E-state index is 0.383. The third-order valence-corrected chi connectivity index (χ3v) is 3.36. The Morgan fingerprint density at radius 2 is 2.24 bits per heavy atom. The first-order valence-electron chi connectivity index (χ1n) is 5.71. The van der Waals surface area contributed by atoms with Gasteiger partial charge in [0.25, 0.3) is 0 Å². The fourth-order valence-electron chi connectivity index (χ4n) is 2.46. The van der Waals surface area contributed by atoms with Crippen LogP contribution < -0.4 is 5.73 Å². The molecule has 1 fully saturated rings. The maximum atomic E-state index is 11.6. The molecule has 0 aliphatic carbocycles. The Morgan fingerprint density at radius 3 is 2.82 bits per heavy atom. The van der Waals surface area contributed by atoms with E-state index in [-0.39, 0.29) is 6.03 Å². The van der Waals surface area contributed by atoms with Gasteiger partial charge in [-0.25, -0.2) is 4.79 Å². The lowest BCUT2D eigenvalue weighted by Crippen LogP contribution is -2.61. The van der Waals surface area contributed by atoms with Crippen molar-refractivity contribution in [1.29, 1.82) is 0 Å². The smallest absolute Gasteiger partial charge is 0.315 e. The van der Waals surface area contributed by atoms with E-state index in [0.717, 1.165) is 18.8 Å². The molecule has 17 heavy (non-hydrogen) atoms. The highest BCUT2D eigenvalue weighted by Gasteiger charge is 2.41. The Kier molecular flexibility index (Phi) is 3.02. The minimum Gasteiger partial charge on any atom is -0.351 e. The lowest BCUT2D eigenvalue weighted by atomic mass is 9.92. The number of piperazine rings is 1. The van der Waals surface area contributed by atoms with Crippen LogP contribution in [0, 0.1) is 0 Å². The molecule has 2 amide bonds. The predicted molar refractivity (Wildman–Crippen MR) is 65.4 cm³/mol. The summed E-state index contributed by atoms with van der Waals surface area (Å²) in [6, 6.07) is 5.36. The molecule has 2 rings (SSSR count). The van der Waals surface area contributed by atoms with Gasteiger partial charge >= 0.3 is 6.03 Å². The SMILES string of the molecule is CN1CCN(C(N)=O)C(C)(c2ccccn2)C1. The fourth-order valence-corrected chi connectivity index (χ4v) is 2.46. The van der Waals surface area contributed by atoms with Gasteiger partial charge in [0.1, 0.15) is 0 Å². The maximum absolute atomic E-state index is 11.6. The third kappa shape index (κ3) is 2.10. The number of nitrogens with zero attached hydrogens (tertiary/aromatic N) is 3. The molecule has 92 valence electrons. The van der Waals surface area contributed by atoms with Crippen molar-refractivity contribution in [3.8, 4) is 0 Å². The van der Waals surface area contributed by atoms with Crippen LogP contribution in [0.2, 0.25) is 0 Å². The molecule has 1 aliphatic heterocycles. The van der Waals surface area contributed by atoms with Gasteiger partial charge in [-0.05, 0) is 26.1 Å². The number of rotatable bonds is 1. The number of hydrogen-bond donors (Lipinski definition) is 1. The van der Waals surface area contributed by atoms with E-state index in [1.807, 2.05) is 32.2 Å². The van der Waals surface area contributed by atoms with Crippen LogP contribution in [0.5, 0.6) is 0 Å². The van der Waals surface area contributed by atoms with Crippen molar-refractivity contribution >= 4 is 6.03 Å². The van der Waals surface area contributed by atoms with Gasteiger partial charge < -0.3 is 15.5 Å². The highest BCUT2D eigenvalue weighted by atomic mass is 16.2. The van der Waals surface area contributed by atoms with Crippen LogP contribution >= 0.6 is 0 Å². The normalized spacial score (nSPS) is 25.9. The molecule has 1 aromatic rings. The summed E-state index contributed by atoms with van der Waals surface area (Å²) >= 11 is 0. The topological polar surface area (TPSA) is 62.5 Å². The van der Waals surface area contributed by atoms with Gasteiger partial charge in [0.2, 0.25) is 0 Å². The first-order valence-corrected chi connectivity index (χ1v) is 5.71. The molecule has 2 heterocycles. The molecule has 0 bridgehead atoms. The average Bonchev–Trinajstić information content (AvgIpc) is 2.29. The Labute approximate surface area is 101 Å². The molecule has 0 spiro atoms. The zero-order chi connectivity index (χ0) is 12.5. The second-order valence-corrected chi connectivity index (χ2v) is 4.72. The molecule has 2 N–H and O–H groups in total. The summed E-state index contributed by atoms with van der Waals surface area (Å²) in [5.74, 6) is 0. The van der Waals surface area contributed by atoms with E-state index < -0.39 is 5.54 Å². The molecule has 0 radical (unpaired) electrons. The van der Waals surface area contributed by atoms with Gasteiger partial charge in [-0.2, -0.15) is 0 Å². The summed E-state index contributed by atoms with van der Waals surface area (Å²) in [5.41, 5.74) is 5.90. The zero-order valence-corrected chi connectivity index (χ0v) is 10.3. The largest absolute Gasteiger partial charge is 0.351 e. The second kappa shape index (κ2) is 4.33. The molecule has 5 nitrogen and oxygen atoms in total.